The van der Waals surface area contributed by atoms with E-state index in [1.54, 1.807) is 0 Å². The van der Waals surface area contributed by atoms with Crippen molar-refractivity contribution >= 4 is 9.84 Å². The molecule has 0 heterocycles. The molecule has 1 N–H and O–H groups in total. The largest absolute Gasteiger partial charge is 0.314 e. The smallest absolute Gasteiger partial charge is 0.147 e. The number of sulfone groups is 1. The predicted molar refractivity (Wildman–Crippen MR) is 59.1 cm³/mol. The van der Waals surface area contributed by atoms with Gasteiger partial charge in [0.15, 0.2) is 0 Å². The first-order valence-electron chi connectivity index (χ1n) is 5.38. The van der Waals surface area contributed by atoms with Gasteiger partial charge in [-0.15, -0.1) is 0 Å². The van der Waals surface area contributed by atoms with Crippen LogP contribution in [0.2, 0.25) is 0 Å². The maximum Gasteiger partial charge on any atom is 0.147 e. The van der Waals surface area contributed by atoms with E-state index in [2.05, 4.69) is 12.2 Å². The molecule has 0 bridgehead atoms. The Hall–Kier alpha value is -0.0900. The predicted octanol–water partition coefficient (Wildman–Crippen LogP) is 1.20. The van der Waals surface area contributed by atoms with Crippen LogP contribution >= 0.6 is 0 Å². The molecule has 1 aliphatic rings. The Morgan fingerprint density at radius 2 is 2.00 bits per heavy atom. The number of hydrogen-bond donors (Lipinski definition) is 1. The Morgan fingerprint density at radius 3 is 2.50 bits per heavy atom. The molecule has 1 saturated carbocycles. The fourth-order valence-corrected chi connectivity index (χ4v) is 2.21. The minimum atomic E-state index is -2.77. The minimum Gasteiger partial charge on any atom is -0.314 e. The molecule has 1 atom stereocenters. The van der Waals surface area contributed by atoms with Gasteiger partial charge in [-0.25, -0.2) is 8.42 Å². The van der Waals surface area contributed by atoms with Gasteiger partial charge in [-0.3, -0.25) is 0 Å². The topological polar surface area (TPSA) is 46.2 Å². The highest BCUT2D eigenvalue weighted by Gasteiger charge is 2.20. The minimum absolute atomic E-state index is 0.331. The average molecular weight is 219 g/mol. The maximum atomic E-state index is 10.9. The molecule has 0 aromatic heterocycles. The first-order valence-corrected chi connectivity index (χ1v) is 7.44. The molecule has 4 heteroatoms. The first kappa shape index (κ1) is 12.0. The van der Waals surface area contributed by atoms with Crippen molar-refractivity contribution in [3.8, 4) is 0 Å². The van der Waals surface area contributed by atoms with Crippen molar-refractivity contribution in [2.24, 2.45) is 5.92 Å². The van der Waals surface area contributed by atoms with Gasteiger partial charge in [-0.2, -0.15) is 0 Å². The summed E-state index contributed by atoms with van der Waals surface area (Å²) in [4.78, 5) is 0. The van der Waals surface area contributed by atoms with Crippen LogP contribution in [0.1, 0.15) is 32.6 Å². The fourth-order valence-electron chi connectivity index (χ4n) is 1.38. The van der Waals surface area contributed by atoms with Crippen molar-refractivity contribution in [3.05, 3.63) is 0 Å². The molecule has 0 saturated heterocycles. The molecule has 0 radical (unpaired) electrons. The van der Waals surface area contributed by atoms with Crippen molar-refractivity contribution in [2.45, 2.75) is 38.6 Å². The number of hydrogen-bond acceptors (Lipinski definition) is 3. The molecule has 0 aliphatic heterocycles. The molecular formula is C10H21NO2S. The van der Waals surface area contributed by atoms with Crippen LogP contribution in [0.15, 0.2) is 0 Å². The third-order valence-electron chi connectivity index (χ3n) is 2.63. The Balaban J connectivity index is 1.99. The monoisotopic (exact) mass is 219 g/mol. The summed E-state index contributed by atoms with van der Waals surface area (Å²) >= 11 is 0. The summed E-state index contributed by atoms with van der Waals surface area (Å²) in [5.74, 6) is 0.841. The molecule has 0 aromatic carbocycles. The molecule has 1 aliphatic carbocycles. The molecule has 1 rings (SSSR count). The molecule has 0 aromatic rings. The lowest BCUT2D eigenvalue weighted by atomic mass is 10.1. The van der Waals surface area contributed by atoms with Crippen molar-refractivity contribution in [1.29, 1.82) is 0 Å². The van der Waals surface area contributed by atoms with Crippen LogP contribution in [-0.2, 0) is 9.84 Å². The third kappa shape index (κ3) is 6.38. The lowest BCUT2D eigenvalue weighted by molar-refractivity contribution is 0.484. The molecule has 84 valence electrons. The molecule has 0 amide bonds. The summed E-state index contributed by atoms with van der Waals surface area (Å²) in [7, 11) is -2.77. The lowest BCUT2D eigenvalue weighted by Gasteiger charge is -2.10. The SMILES string of the molecule is CC(CCNC1CC1)CCS(C)(=O)=O. The van der Waals surface area contributed by atoms with Crippen LogP contribution in [-0.4, -0.2) is 33.0 Å². The third-order valence-corrected chi connectivity index (χ3v) is 3.61. The Labute approximate surface area is 87.2 Å². The molecular weight excluding hydrogens is 198 g/mol. The average Bonchev–Trinajstić information content (AvgIpc) is 2.83. The van der Waals surface area contributed by atoms with E-state index in [9.17, 15) is 8.42 Å². The maximum absolute atomic E-state index is 10.9. The van der Waals surface area contributed by atoms with Crippen LogP contribution in [0.3, 0.4) is 0 Å². The molecule has 3 nitrogen and oxygen atoms in total. The summed E-state index contributed by atoms with van der Waals surface area (Å²) < 4.78 is 21.8. The highest BCUT2D eigenvalue weighted by Crippen LogP contribution is 2.19. The van der Waals surface area contributed by atoms with Gasteiger partial charge in [0.2, 0.25) is 0 Å². The summed E-state index contributed by atoms with van der Waals surface area (Å²) in [6.07, 6.45) is 5.83. The quantitative estimate of drug-likeness (QED) is 0.700. The zero-order valence-corrected chi connectivity index (χ0v) is 9.94. The second-order valence-corrected chi connectivity index (χ2v) is 6.80. The van der Waals surface area contributed by atoms with Crippen molar-refractivity contribution < 1.29 is 8.42 Å². The number of rotatable bonds is 7. The lowest BCUT2D eigenvalue weighted by Crippen LogP contribution is -2.20. The molecule has 14 heavy (non-hydrogen) atoms. The Bertz CT molecular complexity index is 257. The standard InChI is InChI=1S/C10H21NO2S/c1-9(6-8-14(2,12)13)5-7-11-10-3-4-10/h9-11H,3-8H2,1-2H3. The van der Waals surface area contributed by atoms with Crippen LogP contribution in [0, 0.1) is 5.92 Å². The number of nitrogens with one attached hydrogen (secondary N) is 1. The molecule has 1 unspecified atom stereocenters. The highest BCUT2D eigenvalue weighted by molar-refractivity contribution is 7.90. The second-order valence-electron chi connectivity index (χ2n) is 4.54. The summed E-state index contributed by atoms with van der Waals surface area (Å²) in [6, 6.07) is 0.761. The van der Waals surface area contributed by atoms with Crippen molar-refractivity contribution in [3.63, 3.8) is 0 Å². The van der Waals surface area contributed by atoms with Gasteiger partial charge in [0, 0.05) is 12.3 Å². The summed E-state index contributed by atoms with van der Waals surface area (Å²) in [5, 5.41) is 3.44. The second kappa shape index (κ2) is 5.12. The summed E-state index contributed by atoms with van der Waals surface area (Å²) in [5.41, 5.74) is 0. The van der Waals surface area contributed by atoms with Crippen molar-refractivity contribution in [2.75, 3.05) is 18.6 Å². The van der Waals surface area contributed by atoms with Gasteiger partial charge >= 0.3 is 0 Å². The fraction of sp³-hybridized carbons (Fsp3) is 1.00. The van der Waals surface area contributed by atoms with Gasteiger partial charge in [0.1, 0.15) is 9.84 Å². The van der Waals surface area contributed by atoms with E-state index in [1.165, 1.54) is 19.1 Å². The van der Waals surface area contributed by atoms with Crippen LogP contribution < -0.4 is 5.32 Å². The van der Waals surface area contributed by atoms with E-state index in [4.69, 9.17) is 0 Å². The Morgan fingerprint density at radius 1 is 1.36 bits per heavy atom. The van der Waals surface area contributed by atoms with E-state index >= 15 is 0 Å². The van der Waals surface area contributed by atoms with Gasteiger partial charge < -0.3 is 5.32 Å². The Kier molecular flexibility index (Phi) is 4.38. The first-order chi connectivity index (χ1) is 6.47. The van der Waals surface area contributed by atoms with Gasteiger partial charge in [0.25, 0.3) is 0 Å². The summed E-state index contributed by atoms with van der Waals surface area (Å²) in [6.45, 7) is 3.16. The highest BCUT2D eigenvalue weighted by atomic mass is 32.2. The van der Waals surface area contributed by atoms with Crippen LogP contribution in [0.4, 0.5) is 0 Å². The zero-order valence-electron chi connectivity index (χ0n) is 9.12. The molecule has 0 spiro atoms. The van der Waals surface area contributed by atoms with Gasteiger partial charge in [0.05, 0.1) is 5.75 Å². The van der Waals surface area contributed by atoms with Crippen LogP contribution in [0.25, 0.3) is 0 Å². The normalized spacial score (nSPS) is 19.6. The van der Waals surface area contributed by atoms with Gasteiger partial charge in [-0.05, 0) is 38.1 Å². The molecule has 1 fully saturated rings. The van der Waals surface area contributed by atoms with E-state index in [0.29, 0.717) is 11.7 Å². The van der Waals surface area contributed by atoms with Crippen LogP contribution in [0.5, 0.6) is 0 Å². The van der Waals surface area contributed by atoms with Crippen molar-refractivity contribution in [1.82, 2.24) is 5.32 Å². The van der Waals surface area contributed by atoms with E-state index in [0.717, 1.165) is 25.4 Å². The van der Waals surface area contributed by atoms with E-state index in [-0.39, 0.29) is 0 Å². The zero-order chi connectivity index (χ0) is 10.6. The van der Waals surface area contributed by atoms with Gasteiger partial charge in [-0.1, -0.05) is 6.92 Å². The van der Waals surface area contributed by atoms with E-state index in [1.807, 2.05) is 0 Å². The van der Waals surface area contributed by atoms with E-state index < -0.39 is 9.84 Å².